The maximum atomic E-state index is 13.0. The van der Waals surface area contributed by atoms with Gasteiger partial charge in [0, 0.05) is 30.0 Å². The molecule has 34 heavy (non-hydrogen) atoms. The summed E-state index contributed by atoms with van der Waals surface area (Å²) in [5.41, 5.74) is 5.02. The topological polar surface area (TPSA) is 108 Å². The minimum Gasteiger partial charge on any atom is -0.347 e. The lowest BCUT2D eigenvalue weighted by Crippen LogP contribution is -2.45. The Bertz CT molecular complexity index is 1410. The SMILES string of the molecule is Cc1cc(-c2c(-c3cccc(C#N)c3)nn3ccc(C(=O)NC4CCCNC4)nc23)cc(Cl)n1. The van der Waals surface area contributed by atoms with E-state index < -0.39 is 0 Å². The minimum absolute atomic E-state index is 0.0783. The summed E-state index contributed by atoms with van der Waals surface area (Å²) in [6.45, 7) is 3.58. The number of halogens is 1. The summed E-state index contributed by atoms with van der Waals surface area (Å²) in [7, 11) is 0. The van der Waals surface area contributed by atoms with Gasteiger partial charge in [-0.25, -0.2) is 14.5 Å². The van der Waals surface area contributed by atoms with E-state index in [1.54, 1.807) is 35.0 Å². The maximum Gasteiger partial charge on any atom is 0.270 e. The van der Waals surface area contributed by atoms with Crippen molar-refractivity contribution < 1.29 is 4.79 Å². The third kappa shape index (κ3) is 4.36. The van der Waals surface area contributed by atoms with Crippen LogP contribution >= 0.6 is 11.6 Å². The molecule has 0 radical (unpaired) electrons. The standard InChI is InChI=1S/C25H22ClN7O/c1-15-10-18(12-21(26)29-15)22-23(17-5-2-4-16(11-17)13-27)32-33-9-7-20(31-24(22)33)25(34)30-19-6-3-8-28-14-19/h2,4-5,7,9-12,19,28H,3,6,8,14H2,1H3,(H,30,34). The first kappa shape index (κ1) is 22.0. The number of benzene rings is 1. The molecule has 1 fully saturated rings. The van der Waals surface area contributed by atoms with E-state index >= 15 is 0 Å². The van der Waals surface area contributed by atoms with E-state index in [1.165, 1.54) is 0 Å². The summed E-state index contributed by atoms with van der Waals surface area (Å²) in [5, 5.41) is 20.9. The van der Waals surface area contributed by atoms with Crippen molar-refractivity contribution in [2.75, 3.05) is 13.1 Å². The van der Waals surface area contributed by atoms with Gasteiger partial charge in [0.1, 0.15) is 16.5 Å². The fourth-order valence-corrected chi connectivity index (χ4v) is 4.52. The fourth-order valence-electron chi connectivity index (χ4n) is 4.27. The second-order valence-electron chi connectivity index (χ2n) is 8.33. The fraction of sp³-hybridized carbons (Fsp3) is 0.240. The summed E-state index contributed by atoms with van der Waals surface area (Å²) >= 11 is 6.28. The van der Waals surface area contributed by atoms with Gasteiger partial charge in [-0.3, -0.25) is 4.79 Å². The Morgan fingerprint density at radius 2 is 2.12 bits per heavy atom. The van der Waals surface area contributed by atoms with Gasteiger partial charge in [-0.15, -0.1) is 0 Å². The number of nitriles is 1. The molecule has 8 nitrogen and oxygen atoms in total. The predicted molar refractivity (Wildman–Crippen MR) is 129 cm³/mol. The number of nitrogens with one attached hydrogen (secondary N) is 2. The molecule has 0 aliphatic carbocycles. The van der Waals surface area contributed by atoms with Crippen LogP contribution < -0.4 is 10.6 Å². The monoisotopic (exact) mass is 471 g/mol. The van der Waals surface area contributed by atoms with Crippen LogP contribution in [0.25, 0.3) is 28.0 Å². The van der Waals surface area contributed by atoms with Crippen molar-refractivity contribution in [2.45, 2.75) is 25.8 Å². The molecule has 9 heteroatoms. The molecule has 1 aliphatic heterocycles. The van der Waals surface area contributed by atoms with Crippen LogP contribution in [0.2, 0.25) is 5.15 Å². The molecule has 0 spiro atoms. The summed E-state index contributed by atoms with van der Waals surface area (Å²) in [4.78, 5) is 21.9. The summed E-state index contributed by atoms with van der Waals surface area (Å²) in [6, 6.07) is 14.8. The highest BCUT2D eigenvalue weighted by molar-refractivity contribution is 6.29. The van der Waals surface area contributed by atoms with Gasteiger partial charge in [-0.2, -0.15) is 10.4 Å². The number of hydrogen-bond donors (Lipinski definition) is 2. The number of pyridine rings is 1. The highest BCUT2D eigenvalue weighted by Gasteiger charge is 2.22. The Labute approximate surface area is 201 Å². The number of fused-ring (bicyclic) bond motifs is 1. The van der Waals surface area contributed by atoms with Crippen LogP contribution in [-0.4, -0.2) is 44.6 Å². The van der Waals surface area contributed by atoms with Gasteiger partial charge >= 0.3 is 0 Å². The van der Waals surface area contributed by atoms with E-state index in [0.29, 0.717) is 27.8 Å². The summed E-state index contributed by atoms with van der Waals surface area (Å²) in [6.07, 6.45) is 3.69. The molecule has 2 N–H and O–H groups in total. The van der Waals surface area contributed by atoms with Crippen LogP contribution in [0.3, 0.4) is 0 Å². The number of hydrogen-bond acceptors (Lipinski definition) is 6. The third-order valence-corrected chi connectivity index (χ3v) is 6.02. The van der Waals surface area contributed by atoms with Gasteiger partial charge in [0.05, 0.1) is 17.2 Å². The number of aryl methyl sites for hydroxylation is 1. The van der Waals surface area contributed by atoms with Crippen molar-refractivity contribution in [3.05, 3.63) is 70.8 Å². The Morgan fingerprint density at radius 1 is 1.24 bits per heavy atom. The molecule has 170 valence electrons. The molecule has 4 aromatic rings. The smallest absolute Gasteiger partial charge is 0.270 e. The van der Waals surface area contributed by atoms with E-state index in [9.17, 15) is 10.1 Å². The molecule has 1 amide bonds. The number of carbonyl (C=O) groups excluding carboxylic acids is 1. The van der Waals surface area contributed by atoms with Crippen molar-refractivity contribution in [1.82, 2.24) is 30.2 Å². The maximum absolute atomic E-state index is 13.0. The quantitative estimate of drug-likeness (QED) is 0.438. The number of carbonyl (C=O) groups is 1. The van der Waals surface area contributed by atoms with Crippen LogP contribution in [0.5, 0.6) is 0 Å². The van der Waals surface area contributed by atoms with Gasteiger partial charge < -0.3 is 10.6 Å². The summed E-state index contributed by atoms with van der Waals surface area (Å²) in [5.74, 6) is -0.222. The largest absolute Gasteiger partial charge is 0.347 e. The van der Waals surface area contributed by atoms with Crippen LogP contribution in [0.4, 0.5) is 0 Å². The highest BCUT2D eigenvalue weighted by Crippen LogP contribution is 2.36. The van der Waals surface area contributed by atoms with Gasteiger partial charge in [-0.05, 0) is 62.2 Å². The second kappa shape index (κ2) is 9.21. The minimum atomic E-state index is -0.222. The molecule has 5 rings (SSSR count). The average molecular weight is 472 g/mol. The number of amides is 1. The molecule has 0 bridgehead atoms. The lowest BCUT2D eigenvalue weighted by molar-refractivity contribution is 0.0925. The number of rotatable bonds is 4. The Morgan fingerprint density at radius 3 is 2.88 bits per heavy atom. The molecule has 1 aromatic carbocycles. The number of nitrogens with zero attached hydrogens (tertiary/aromatic N) is 5. The van der Waals surface area contributed by atoms with Gasteiger partial charge in [0.25, 0.3) is 5.91 Å². The lowest BCUT2D eigenvalue weighted by Gasteiger charge is -2.23. The van der Waals surface area contributed by atoms with Gasteiger partial charge in [0.2, 0.25) is 0 Å². The Balaban J connectivity index is 1.66. The first-order chi connectivity index (χ1) is 16.5. The lowest BCUT2D eigenvalue weighted by atomic mass is 10.00. The molecule has 1 unspecified atom stereocenters. The molecule has 4 heterocycles. The van der Waals surface area contributed by atoms with Crippen LogP contribution in [0.15, 0.2) is 48.7 Å². The van der Waals surface area contributed by atoms with Gasteiger partial charge in [-0.1, -0.05) is 23.7 Å². The van der Waals surface area contributed by atoms with E-state index in [4.69, 9.17) is 21.7 Å². The predicted octanol–water partition coefficient (Wildman–Crippen LogP) is 3.77. The van der Waals surface area contributed by atoms with Crippen LogP contribution in [-0.2, 0) is 0 Å². The van der Waals surface area contributed by atoms with Crippen LogP contribution in [0, 0.1) is 18.3 Å². The normalized spacial score (nSPS) is 15.7. The second-order valence-corrected chi connectivity index (χ2v) is 8.72. The molecule has 1 saturated heterocycles. The molecular weight excluding hydrogens is 450 g/mol. The number of aromatic nitrogens is 4. The average Bonchev–Trinajstić information content (AvgIpc) is 3.23. The van der Waals surface area contributed by atoms with Crippen LogP contribution in [0.1, 0.15) is 34.6 Å². The first-order valence-corrected chi connectivity index (χ1v) is 11.5. The van der Waals surface area contributed by atoms with Crippen molar-refractivity contribution in [2.24, 2.45) is 0 Å². The zero-order valence-electron chi connectivity index (χ0n) is 18.5. The Kier molecular flexibility index (Phi) is 5.97. The molecule has 3 aromatic heterocycles. The van der Waals surface area contributed by atoms with E-state index in [1.807, 2.05) is 25.1 Å². The first-order valence-electron chi connectivity index (χ1n) is 11.1. The van der Waals surface area contributed by atoms with E-state index in [0.717, 1.165) is 48.3 Å². The third-order valence-electron chi connectivity index (χ3n) is 5.83. The van der Waals surface area contributed by atoms with Crippen molar-refractivity contribution in [3.63, 3.8) is 0 Å². The zero-order chi connectivity index (χ0) is 23.7. The van der Waals surface area contributed by atoms with Crippen molar-refractivity contribution >= 4 is 23.2 Å². The number of piperidine rings is 1. The van der Waals surface area contributed by atoms with E-state index in [-0.39, 0.29) is 11.9 Å². The zero-order valence-corrected chi connectivity index (χ0v) is 19.3. The Hall–Kier alpha value is -3.80. The molecular formula is C25H22ClN7O. The van der Waals surface area contributed by atoms with Crippen molar-refractivity contribution in [1.29, 1.82) is 5.26 Å². The highest BCUT2D eigenvalue weighted by atomic mass is 35.5. The van der Waals surface area contributed by atoms with E-state index in [2.05, 4.69) is 21.7 Å². The van der Waals surface area contributed by atoms with Crippen molar-refractivity contribution in [3.8, 4) is 28.5 Å². The van der Waals surface area contributed by atoms with Gasteiger partial charge in [0.15, 0.2) is 5.65 Å². The molecule has 0 saturated carbocycles. The molecule has 1 aliphatic rings. The molecule has 1 atom stereocenters. The summed E-state index contributed by atoms with van der Waals surface area (Å²) < 4.78 is 1.65.